The number of nitrogens with zero attached hydrogens (tertiary/aromatic N) is 2. The predicted octanol–water partition coefficient (Wildman–Crippen LogP) is 3.08. The van der Waals surface area contributed by atoms with Gasteiger partial charge in [-0.3, -0.25) is 4.79 Å². The van der Waals surface area contributed by atoms with E-state index in [9.17, 15) is 13.2 Å². The van der Waals surface area contributed by atoms with Crippen LogP contribution in [0.5, 0.6) is 0 Å². The molecule has 3 aliphatic rings. The molecule has 0 bridgehead atoms. The molecule has 5 rings (SSSR count). The zero-order valence-corrected chi connectivity index (χ0v) is 16.8. The molecule has 2 aromatic rings. The van der Waals surface area contributed by atoms with Gasteiger partial charge in [-0.2, -0.15) is 8.42 Å². The van der Waals surface area contributed by atoms with Crippen LogP contribution in [0.2, 0.25) is 0 Å². The molecule has 0 aromatic heterocycles. The predicted molar refractivity (Wildman–Crippen MR) is 108 cm³/mol. The molecule has 0 unspecified atom stereocenters. The Kier molecular flexibility index (Phi) is 4.42. The number of ether oxygens (including phenoxy) is 1. The molecule has 0 amide bonds. The van der Waals surface area contributed by atoms with Gasteiger partial charge < -0.3 is 9.64 Å². The van der Waals surface area contributed by atoms with Crippen LogP contribution >= 0.6 is 0 Å². The fourth-order valence-corrected chi connectivity index (χ4v) is 5.78. The number of carbonyl (C=O) groups excluding carboxylic acids is 1. The van der Waals surface area contributed by atoms with Crippen molar-refractivity contribution >= 4 is 21.8 Å². The third-order valence-corrected chi connectivity index (χ3v) is 7.33. The van der Waals surface area contributed by atoms with E-state index >= 15 is 0 Å². The SMILES string of the molecule is O=C(O[C@H]1CCc2ccccc21)[C@H]1CCCN(C2=NS(=O)(=O)c3ccccc32)C1. The topological polar surface area (TPSA) is 76.0 Å². The lowest BCUT2D eigenvalue weighted by Crippen LogP contribution is -2.43. The third-order valence-electron chi connectivity index (χ3n) is 6.00. The Hall–Kier alpha value is -2.67. The normalized spacial score (nSPS) is 24.6. The summed E-state index contributed by atoms with van der Waals surface area (Å²) in [5.41, 5.74) is 2.97. The first kappa shape index (κ1) is 18.4. The lowest BCUT2D eigenvalue weighted by Gasteiger charge is -2.33. The van der Waals surface area contributed by atoms with Gasteiger partial charge in [0.15, 0.2) is 5.84 Å². The number of esters is 1. The molecule has 0 N–H and O–H groups in total. The number of rotatable bonds is 2. The van der Waals surface area contributed by atoms with Gasteiger partial charge in [-0.05, 0) is 48.9 Å². The van der Waals surface area contributed by atoms with Gasteiger partial charge in [0.1, 0.15) is 11.0 Å². The Morgan fingerprint density at radius 1 is 1.07 bits per heavy atom. The number of likely N-dealkylation sites (tertiary alicyclic amines) is 1. The smallest absolute Gasteiger partial charge is 0.311 e. The van der Waals surface area contributed by atoms with Crippen molar-refractivity contribution in [3.05, 3.63) is 65.2 Å². The highest BCUT2D eigenvalue weighted by Gasteiger charge is 2.36. The minimum atomic E-state index is -3.66. The van der Waals surface area contributed by atoms with E-state index in [0.29, 0.717) is 24.5 Å². The van der Waals surface area contributed by atoms with E-state index in [0.717, 1.165) is 31.2 Å². The molecule has 0 radical (unpaired) electrons. The molecule has 29 heavy (non-hydrogen) atoms. The fourth-order valence-electron chi connectivity index (χ4n) is 4.56. The Morgan fingerprint density at radius 3 is 2.76 bits per heavy atom. The maximum Gasteiger partial charge on any atom is 0.311 e. The Bertz CT molecular complexity index is 1110. The van der Waals surface area contributed by atoms with Crippen LogP contribution in [0.15, 0.2) is 57.8 Å². The molecule has 0 saturated carbocycles. The average molecular weight is 410 g/mol. The lowest BCUT2D eigenvalue weighted by molar-refractivity contribution is -0.155. The van der Waals surface area contributed by atoms with Crippen molar-refractivity contribution in [2.45, 2.75) is 36.7 Å². The first-order chi connectivity index (χ1) is 14.0. The van der Waals surface area contributed by atoms with Crippen LogP contribution in [0.3, 0.4) is 0 Å². The zero-order chi connectivity index (χ0) is 20.0. The van der Waals surface area contributed by atoms with Gasteiger partial charge >= 0.3 is 5.97 Å². The summed E-state index contributed by atoms with van der Waals surface area (Å²) in [6.07, 6.45) is 3.10. The standard InChI is InChI=1S/C22H22N2O4S/c25-22(28-19-12-11-15-6-1-2-8-17(15)19)16-7-5-13-24(14-16)21-18-9-3-4-10-20(18)29(26,27)23-21/h1-4,6,8-10,16,19H,5,7,11-14H2/t16-,19-/m0/s1. The molecular weight excluding hydrogens is 388 g/mol. The minimum absolute atomic E-state index is 0.181. The maximum absolute atomic E-state index is 12.9. The van der Waals surface area contributed by atoms with Gasteiger partial charge in [0.25, 0.3) is 10.0 Å². The quantitative estimate of drug-likeness (QED) is 0.711. The third kappa shape index (κ3) is 3.23. The van der Waals surface area contributed by atoms with Crippen LogP contribution < -0.4 is 0 Å². The van der Waals surface area contributed by atoms with Crippen LogP contribution in [-0.4, -0.2) is 38.2 Å². The van der Waals surface area contributed by atoms with Gasteiger partial charge in [0, 0.05) is 18.7 Å². The van der Waals surface area contributed by atoms with E-state index in [1.54, 1.807) is 18.2 Å². The second-order valence-electron chi connectivity index (χ2n) is 7.83. The van der Waals surface area contributed by atoms with Gasteiger partial charge in [0.05, 0.1) is 5.92 Å². The summed E-state index contributed by atoms with van der Waals surface area (Å²) in [4.78, 5) is 15.0. The Balaban J connectivity index is 1.32. The number of aryl methyl sites for hydroxylation is 1. The van der Waals surface area contributed by atoms with Crippen LogP contribution in [-0.2, 0) is 26.0 Å². The monoisotopic (exact) mass is 410 g/mol. The van der Waals surface area contributed by atoms with Crippen molar-refractivity contribution in [1.82, 2.24) is 4.90 Å². The van der Waals surface area contributed by atoms with Crippen LogP contribution in [0.4, 0.5) is 0 Å². The summed E-state index contributed by atoms with van der Waals surface area (Å²) in [5.74, 6) is -0.0369. The summed E-state index contributed by atoms with van der Waals surface area (Å²) in [5, 5.41) is 0. The largest absolute Gasteiger partial charge is 0.457 e. The molecule has 0 spiro atoms. The average Bonchev–Trinajstić information content (AvgIpc) is 3.27. The number of benzene rings is 2. The number of hydrogen-bond donors (Lipinski definition) is 0. The van der Waals surface area contributed by atoms with Gasteiger partial charge in [-0.25, -0.2) is 0 Å². The van der Waals surface area contributed by atoms with Crippen LogP contribution in [0.25, 0.3) is 0 Å². The summed E-state index contributed by atoms with van der Waals surface area (Å²) in [6, 6.07) is 15.0. The van der Waals surface area contributed by atoms with Crippen LogP contribution in [0.1, 0.15) is 42.1 Å². The van der Waals surface area contributed by atoms with Gasteiger partial charge in [0.2, 0.25) is 0 Å². The van der Waals surface area contributed by atoms with E-state index < -0.39 is 10.0 Å². The lowest BCUT2D eigenvalue weighted by atomic mass is 9.97. The summed E-state index contributed by atoms with van der Waals surface area (Å²) in [7, 11) is -3.66. The van der Waals surface area contributed by atoms with E-state index in [1.807, 2.05) is 29.2 Å². The second kappa shape index (κ2) is 6.99. The number of carbonyl (C=O) groups is 1. The first-order valence-electron chi connectivity index (χ1n) is 10.0. The molecule has 1 aliphatic carbocycles. The van der Waals surface area contributed by atoms with Crippen molar-refractivity contribution in [3.8, 4) is 0 Å². The van der Waals surface area contributed by atoms with Gasteiger partial charge in [-0.1, -0.05) is 36.4 Å². The van der Waals surface area contributed by atoms with E-state index in [4.69, 9.17) is 4.74 Å². The zero-order valence-electron chi connectivity index (χ0n) is 16.0. The highest BCUT2D eigenvalue weighted by Crippen LogP contribution is 2.35. The number of piperidine rings is 1. The molecule has 2 atom stereocenters. The molecule has 1 saturated heterocycles. The Morgan fingerprint density at radius 2 is 1.86 bits per heavy atom. The molecule has 2 heterocycles. The molecule has 1 fully saturated rings. The molecule has 6 nitrogen and oxygen atoms in total. The summed E-state index contributed by atoms with van der Waals surface area (Å²) in [6.45, 7) is 1.11. The van der Waals surface area contributed by atoms with Crippen molar-refractivity contribution in [3.63, 3.8) is 0 Å². The number of sulfonamides is 1. The van der Waals surface area contributed by atoms with Crippen molar-refractivity contribution in [2.24, 2.45) is 10.3 Å². The summed E-state index contributed by atoms with van der Waals surface area (Å²) < 4.78 is 34.6. The van der Waals surface area contributed by atoms with E-state index in [-0.39, 0.29) is 22.9 Å². The molecule has 2 aliphatic heterocycles. The molecule has 7 heteroatoms. The van der Waals surface area contributed by atoms with E-state index in [1.165, 1.54) is 5.56 Å². The highest BCUT2D eigenvalue weighted by molar-refractivity contribution is 7.90. The van der Waals surface area contributed by atoms with Crippen LogP contribution in [0, 0.1) is 5.92 Å². The maximum atomic E-state index is 12.9. The Labute approximate surface area is 170 Å². The minimum Gasteiger partial charge on any atom is -0.457 e. The van der Waals surface area contributed by atoms with Crippen molar-refractivity contribution in [1.29, 1.82) is 0 Å². The highest BCUT2D eigenvalue weighted by atomic mass is 32.2. The summed E-state index contributed by atoms with van der Waals surface area (Å²) >= 11 is 0. The molecule has 2 aromatic carbocycles. The number of fused-ring (bicyclic) bond motifs is 2. The molecular formula is C22H22N2O4S. The number of amidine groups is 1. The van der Waals surface area contributed by atoms with E-state index in [2.05, 4.69) is 10.5 Å². The van der Waals surface area contributed by atoms with Crippen molar-refractivity contribution < 1.29 is 17.9 Å². The first-order valence-corrected chi connectivity index (χ1v) is 11.4. The van der Waals surface area contributed by atoms with Crippen molar-refractivity contribution in [2.75, 3.05) is 13.1 Å². The second-order valence-corrected chi connectivity index (χ2v) is 9.41. The molecule has 150 valence electrons. The number of hydrogen-bond acceptors (Lipinski definition) is 5. The van der Waals surface area contributed by atoms with Gasteiger partial charge in [-0.15, -0.1) is 4.40 Å². The fraction of sp³-hybridized carbons (Fsp3) is 0.364.